The Morgan fingerprint density at radius 3 is 2.38 bits per heavy atom. The monoisotopic (exact) mass is 286 g/mol. The zero-order valence-corrected chi connectivity index (χ0v) is 12.5. The maximum absolute atomic E-state index is 12.5. The molecule has 1 N–H and O–H groups in total. The van der Waals surface area contributed by atoms with Crippen LogP contribution < -0.4 is 5.32 Å². The van der Waals surface area contributed by atoms with E-state index in [4.69, 9.17) is 4.74 Å². The average molecular weight is 286 g/mol. The highest BCUT2D eigenvalue weighted by Crippen LogP contribution is 2.28. The van der Waals surface area contributed by atoms with Crippen molar-refractivity contribution < 1.29 is 9.53 Å². The predicted octanol–water partition coefficient (Wildman–Crippen LogP) is 3.11. The maximum Gasteiger partial charge on any atom is 0.254 e. The Bertz CT molecular complexity index is 499. The number of nitriles is 1. The van der Waals surface area contributed by atoms with Gasteiger partial charge in [0.25, 0.3) is 5.91 Å². The first-order chi connectivity index (χ1) is 10.2. The normalized spacial score (nSPS) is 19.0. The smallest absolute Gasteiger partial charge is 0.254 e. The summed E-state index contributed by atoms with van der Waals surface area (Å²) in [7, 11) is 1.52. The summed E-state index contributed by atoms with van der Waals surface area (Å²) in [6.07, 6.45) is 5.01. The lowest BCUT2D eigenvalue weighted by atomic mass is 9.91. The Morgan fingerprint density at radius 2 is 1.86 bits per heavy atom. The molecule has 0 heterocycles. The highest BCUT2D eigenvalue weighted by molar-refractivity contribution is 5.83. The SMILES string of the molecule is COC(C(=O)NC1(C#N)CCCCCC1)c1ccccc1. The van der Waals surface area contributed by atoms with Gasteiger partial charge in [-0.25, -0.2) is 0 Å². The van der Waals surface area contributed by atoms with Crippen LogP contribution >= 0.6 is 0 Å². The minimum atomic E-state index is -0.737. The van der Waals surface area contributed by atoms with E-state index in [0.717, 1.165) is 44.1 Å². The lowest BCUT2D eigenvalue weighted by Crippen LogP contribution is -2.49. The summed E-state index contributed by atoms with van der Waals surface area (Å²) in [4.78, 5) is 12.5. The quantitative estimate of drug-likeness (QED) is 0.865. The number of benzene rings is 1. The van der Waals surface area contributed by atoms with E-state index in [-0.39, 0.29) is 5.91 Å². The van der Waals surface area contributed by atoms with Crippen LogP contribution in [-0.4, -0.2) is 18.6 Å². The summed E-state index contributed by atoms with van der Waals surface area (Å²) in [5.74, 6) is -0.229. The Labute approximate surface area is 126 Å². The van der Waals surface area contributed by atoms with Crippen molar-refractivity contribution in [3.8, 4) is 6.07 Å². The molecular weight excluding hydrogens is 264 g/mol. The van der Waals surface area contributed by atoms with Crippen LogP contribution in [0.5, 0.6) is 0 Å². The first kappa shape index (κ1) is 15.5. The summed E-state index contributed by atoms with van der Waals surface area (Å²) in [6.45, 7) is 0. The second-order valence-corrected chi connectivity index (χ2v) is 5.62. The van der Waals surface area contributed by atoms with E-state index in [1.54, 1.807) is 0 Å². The van der Waals surface area contributed by atoms with E-state index < -0.39 is 11.6 Å². The van der Waals surface area contributed by atoms with Gasteiger partial charge in [-0.2, -0.15) is 5.26 Å². The Morgan fingerprint density at radius 1 is 1.24 bits per heavy atom. The molecule has 2 rings (SSSR count). The van der Waals surface area contributed by atoms with Gasteiger partial charge >= 0.3 is 0 Å². The van der Waals surface area contributed by atoms with Gasteiger partial charge in [-0.1, -0.05) is 56.0 Å². The Balaban J connectivity index is 2.13. The number of nitrogens with zero attached hydrogens (tertiary/aromatic N) is 1. The second-order valence-electron chi connectivity index (χ2n) is 5.62. The average Bonchev–Trinajstić information content (AvgIpc) is 2.75. The third-order valence-electron chi connectivity index (χ3n) is 4.11. The summed E-state index contributed by atoms with van der Waals surface area (Å²) in [6, 6.07) is 11.7. The van der Waals surface area contributed by atoms with Crippen LogP contribution in [0.3, 0.4) is 0 Å². The van der Waals surface area contributed by atoms with Crippen LogP contribution in [0, 0.1) is 11.3 Å². The lowest BCUT2D eigenvalue weighted by molar-refractivity contribution is -0.133. The van der Waals surface area contributed by atoms with E-state index >= 15 is 0 Å². The summed E-state index contributed by atoms with van der Waals surface area (Å²) in [5.41, 5.74) is 0.0679. The van der Waals surface area contributed by atoms with Gasteiger partial charge < -0.3 is 10.1 Å². The molecule has 1 amide bonds. The van der Waals surface area contributed by atoms with Gasteiger partial charge in [-0.15, -0.1) is 0 Å². The molecule has 0 aromatic heterocycles. The first-order valence-electron chi connectivity index (χ1n) is 7.52. The maximum atomic E-state index is 12.5. The number of methoxy groups -OCH3 is 1. The third-order valence-corrected chi connectivity index (χ3v) is 4.11. The molecule has 21 heavy (non-hydrogen) atoms. The molecule has 1 fully saturated rings. The van der Waals surface area contributed by atoms with Crippen molar-refractivity contribution in [3.63, 3.8) is 0 Å². The number of carbonyl (C=O) groups is 1. The molecule has 112 valence electrons. The number of carbonyl (C=O) groups excluding carboxylic acids is 1. The number of hydrogen-bond donors (Lipinski definition) is 1. The molecule has 1 aliphatic carbocycles. The van der Waals surface area contributed by atoms with Crippen LogP contribution in [0.4, 0.5) is 0 Å². The highest BCUT2D eigenvalue weighted by atomic mass is 16.5. The van der Waals surface area contributed by atoms with Crippen LogP contribution in [0.15, 0.2) is 30.3 Å². The summed E-state index contributed by atoms with van der Waals surface area (Å²) >= 11 is 0. The van der Waals surface area contributed by atoms with Crippen molar-refractivity contribution in [1.82, 2.24) is 5.32 Å². The molecule has 1 aliphatic rings. The molecule has 4 nitrogen and oxygen atoms in total. The number of nitrogens with one attached hydrogen (secondary N) is 1. The van der Waals surface area contributed by atoms with Crippen molar-refractivity contribution >= 4 is 5.91 Å². The van der Waals surface area contributed by atoms with Gasteiger partial charge in [0, 0.05) is 7.11 Å². The molecule has 0 saturated heterocycles. The zero-order valence-electron chi connectivity index (χ0n) is 12.5. The highest BCUT2D eigenvalue weighted by Gasteiger charge is 2.35. The van der Waals surface area contributed by atoms with Crippen molar-refractivity contribution in [3.05, 3.63) is 35.9 Å². The first-order valence-corrected chi connectivity index (χ1v) is 7.52. The van der Waals surface area contributed by atoms with E-state index in [1.807, 2.05) is 30.3 Å². The van der Waals surface area contributed by atoms with Crippen LogP contribution in [0.1, 0.15) is 50.2 Å². The molecule has 0 radical (unpaired) electrons. The number of hydrogen-bond acceptors (Lipinski definition) is 3. The second kappa shape index (κ2) is 7.24. The number of amides is 1. The Kier molecular flexibility index (Phi) is 5.35. The van der Waals surface area contributed by atoms with Gasteiger partial charge in [0.2, 0.25) is 0 Å². The summed E-state index contributed by atoms with van der Waals surface area (Å²) in [5, 5.41) is 12.5. The van der Waals surface area contributed by atoms with Gasteiger partial charge in [0.1, 0.15) is 5.54 Å². The van der Waals surface area contributed by atoms with Gasteiger partial charge in [-0.05, 0) is 18.4 Å². The number of rotatable bonds is 4. The topological polar surface area (TPSA) is 62.1 Å². The lowest BCUT2D eigenvalue weighted by Gasteiger charge is -2.28. The molecule has 4 heteroatoms. The third kappa shape index (κ3) is 3.83. The van der Waals surface area contributed by atoms with Crippen LogP contribution in [0.2, 0.25) is 0 Å². The van der Waals surface area contributed by atoms with Gasteiger partial charge in [-0.3, -0.25) is 4.79 Å². The minimum absolute atomic E-state index is 0.229. The molecule has 0 aliphatic heterocycles. The van der Waals surface area contributed by atoms with Crippen LogP contribution in [-0.2, 0) is 9.53 Å². The molecule has 1 aromatic carbocycles. The van der Waals surface area contributed by atoms with Crippen LogP contribution in [0.25, 0.3) is 0 Å². The molecule has 1 aromatic rings. The fraction of sp³-hybridized carbons (Fsp3) is 0.529. The van der Waals surface area contributed by atoms with Crippen molar-refractivity contribution in [2.45, 2.75) is 50.2 Å². The molecule has 0 spiro atoms. The standard InChI is InChI=1S/C17H22N2O2/c1-21-15(14-9-5-4-6-10-14)16(20)19-17(13-18)11-7-2-3-8-12-17/h4-6,9-10,15H,2-3,7-8,11-12H2,1H3,(H,19,20). The molecule has 1 saturated carbocycles. The van der Waals surface area contributed by atoms with E-state index in [9.17, 15) is 10.1 Å². The minimum Gasteiger partial charge on any atom is -0.367 e. The molecule has 1 unspecified atom stereocenters. The summed E-state index contributed by atoms with van der Waals surface area (Å²) < 4.78 is 5.34. The van der Waals surface area contributed by atoms with E-state index in [1.165, 1.54) is 7.11 Å². The predicted molar refractivity (Wildman–Crippen MR) is 80.4 cm³/mol. The fourth-order valence-electron chi connectivity index (χ4n) is 2.92. The fourth-order valence-corrected chi connectivity index (χ4v) is 2.92. The molecule has 0 bridgehead atoms. The van der Waals surface area contributed by atoms with Gasteiger partial charge in [0.15, 0.2) is 6.10 Å². The van der Waals surface area contributed by atoms with E-state index in [0.29, 0.717) is 0 Å². The molecule has 1 atom stereocenters. The van der Waals surface area contributed by atoms with Crippen molar-refractivity contribution in [1.29, 1.82) is 5.26 Å². The number of ether oxygens (including phenoxy) is 1. The molecular formula is C17H22N2O2. The largest absolute Gasteiger partial charge is 0.367 e. The van der Waals surface area contributed by atoms with Crippen molar-refractivity contribution in [2.24, 2.45) is 0 Å². The zero-order chi connectivity index (χ0) is 15.1. The van der Waals surface area contributed by atoms with Crippen molar-refractivity contribution in [2.75, 3.05) is 7.11 Å². The van der Waals surface area contributed by atoms with E-state index in [2.05, 4.69) is 11.4 Å². The Hall–Kier alpha value is -1.86. The van der Waals surface area contributed by atoms with Gasteiger partial charge in [0.05, 0.1) is 6.07 Å².